The molecule has 1 aromatic heterocycles. The van der Waals surface area contributed by atoms with Gasteiger partial charge in [0, 0.05) is 24.6 Å². The van der Waals surface area contributed by atoms with E-state index in [4.69, 9.17) is 10.7 Å². The lowest BCUT2D eigenvalue weighted by atomic mass is 10.0. The quantitative estimate of drug-likeness (QED) is 0.895. The number of imidazole rings is 1. The number of fused-ring (bicyclic) bond motifs is 1. The topological polar surface area (TPSA) is 43.8 Å². The highest BCUT2D eigenvalue weighted by Gasteiger charge is 2.24. The molecule has 3 heteroatoms. The summed E-state index contributed by atoms with van der Waals surface area (Å²) in [6, 6.07) is 8.57. The molecule has 3 rings (SSSR count). The zero-order valence-corrected chi connectivity index (χ0v) is 11.7. The van der Waals surface area contributed by atoms with Crippen LogP contribution in [-0.4, -0.2) is 9.55 Å². The molecular weight excluding hydrogens is 234 g/mol. The van der Waals surface area contributed by atoms with Crippen LogP contribution in [0.15, 0.2) is 24.3 Å². The van der Waals surface area contributed by atoms with Crippen molar-refractivity contribution < 1.29 is 0 Å². The van der Waals surface area contributed by atoms with Crippen LogP contribution in [0.1, 0.15) is 42.8 Å². The van der Waals surface area contributed by atoms with Gasteiger partial charge in [0.1, 0.15) is 5.82 Å². The first kappa shape index (κ1) is 12.4. The number of hydrogen-bond donors (Lipinski definition) is 1. The van der Waals surface area contributed by atoms with Gasteiger partial charge in [-0.2, -0.15) is 0 Å². The molecule has 0 amide bonds. The second-order valence-electron chi connectivity index (χ2n) is 5.53. The molecule has 2 N–H and O–H groups in total. The van der Waals surface area contributed by atoms with Crippen LogP contribution in [0.4, 0.5) is 0 Å². The molecule has 0 saturated heterocycles. The molecule has 1 aromatic carbocycles. The van der Waals surface area contributed by atoms with Gasteiger partial charge < -0.3 is 10.3 Å². The van der Waals surface area contributed by atoms with Gasteiger partial charge in [0.05, 0.1) is 11.4 Å². The second kappa shape index (κ2) is 4.82. The van der Waals surface area contributed by atoms with Crippen molar-refractivity contribution in [3.63, 3.8) is 0 Å². The van der Waals surface area contributed by atoms with E-state index in [-0.39, 0.29) is 0 Å². The van der Waals surface area contributed by atoms with Crippen molar-refractivity contribution in [1.29, 1.82) is 0 Å². The third-order valence-electron chi connectivity index (χ3n) is 4.08. The van der Waals surface area contributed by atoms with Crippen molar-refractivity contribution in [2.45, 2.75) is 45.7 Å². The van der Waals surface area contributed by atoms with Crippen LogP contribution in [0.3, 0.4) is 0 Å². The van der Waals surface area contributed by atoms with E-state index in [0.29, 0.717) is 12.5 Å². The lowest BCUT2D eigenvalue weighted by Crippen LogP contribution is -2.17. The lowest BCUT2D eigenvalue weighted by molar-refractivity contribution is 0.454. The maximum Gasteiger partial charge on any atom is 0.112 e. The number of nitrogens with two attached hydrogens (primary N) is 1. The number of hydrogen-bond acceptors (Lipinski definition) is 2. The van der Waals surface area contributed by atoms with E-state index in [1.54, 1.807) is 0 Å². The smallest absolute Gasteiger partial charge is 0.112 e. The van der Waals surface area contributed by atoms with E-state index in [2.05, 4.69) is 42.7 Å². The highest BCUT2D eigenvalue weighted by Crippen LogP contribution is 2.32. The maximum absolute atomic E-state index is 5.97. The molecule has 3 nitrogen and oxygen atoms in total. The Morgan fingerprint density at radius 2 is 2.05 bits per heavy atom. The van der Waals surface area contributed by atoms with Gasteiger partial charge in [-0.3, -0.25) is 0 Å². The number of aromatic nitrogens is 2. The average Bonchev–Trinajstić information content (AvgIpc) is 2.79. The van der Waals surface area contributed by atoms with E-state index in [9.17, 15) is 0 Å². The first-order valence-corrected chi connectivity index (χ1v) is 7.07. The Morgan fingerprint density at radius 3 is 2.74 bits per heavy atom. The standard InChI is InChI=1S/C16H21N3/c1-11-5-7-13(8-6-11)15-14(10-17)19-9-3-4-12(2)16(19)18-15/h5-8,12H,3-4,9-10,17H2,1-2H3. The van der Waals surface area contributed by atoms with E-state index in [1.807, 2.05) is 0 Å². The van der Waals surface area contributed by atoms with Gasteiger partial charge in [-0.15, -0.1) is 0 Å². The fraction of sp³-hybridized carbons (Fsp3) is 0.438. The van der Waals surface area contributed by atoms with Crippen molar-refractivity contribution in [2.75, 3.05) is 0 Å². The predicted octanol–water partition coefficient (Wildman–Crippen LogP) is 3.21. The lowest BCUT2D eigenvalue weighted by Gasteiger charge is -2.21. The van der Waals surface area contributed by atoms with Crippen LogP contribution in [0, 0.1) is 6.92 Å². The Hall–Kier alpha value is -1.61. The normalized spacial score (nSPS) is 18.4. The zero-order valence-electron chi connectivity index (χ0n) is 11.7. The molecule has 2 aromatic rings. The summed E-state index contributed by atoms with van der Waals surface area (Å²) in [7, 11) is 0. The fourth-order valence-corrected chi connectivity index (χ4v) is 2.97. The van der Waals surface area contributed by atoms with Gasteiger partial charge in [-0.25, -0.2) is 4.98 Å². The first-order chi connectivity index (χ1) is 9.20. The summed E-state index contributed by atoms with van der Waals surface area (Å²) in [6.07, 6.45) is 2.46. The van der Waals surface area contributed by atoms with Crippen LogP contribution in [0.25, 0.3) is 11.3 Å². The van der Waals surface area contributed by atoms with Crippen LogP contribution in [0.5, 0.6) is 0 Å². The van der Waals surface area contributed by atoms with Crippen LogP contribution in [-0.2, 0) is 13.1 Å². The summed E-state index contributed by atoms with van der Waals surface area (Å²) in [6.45, 7) is 5.99. The highest BCUT2D eigenvalue weighted by molar-refractivity contribution is 5.63. The van der Waals surface area contributed by atoms with Crippen LogP contribution >= 0.6 is 0 Å². The summed E-state index contributed by atoms with van der Waals surface area (Å²) < 4.78 is 2.34. The summed E-state index contributed by atoms with van der Waals surface area (Å²) in [5.41, 5.74) is 10.7. The van der Waals surface area contributed by atoms with Crippen molar-refractivity contribution >= 4 is 0 Å². The molecular formula is C16H21N3. The zero-order chi connectivity index (χ0) is 13.4. The molecule has 1 atom stereocenters. The molecule has 0 bridgehead atoms. The maximum atomic E-state index is 5.97. The Morgan fingerprint density at radius 1 is 1.32 bits per heavy atom. The Bertz CT molecular complexity index is 581. The van der Waals surface area contributed by atoms with E-state index < -0.39 is 0 Å². The second-order valence-corrected chi connectivity index (χ2v) is 5.53. The van der Waals surface area contributed by atoms with E-state index in [0.717, 1.165) is 12.2 Å². The molecule has 0 fully saturated rings. The summed E-state index contributed by atoms with van der Waals surface area (Å²) >= 11 is 0. The van der Waals surface area contributed by atoms with Gasteiger partial charge in [-0.1, -0.05) is 36.8 Å². The van der Waals surface area contributed by atoms with E-state index in [1.165, 1.54) is 35.5 Å². The summed E-state index contributed by atoms with van der Waals surface area (Å²) in [4.78, 5) is 4.89. The average molecular weight is 255 g/mol. The minimum absolute atomic E-state index is 0.540. The monoisotopic (exact) mass is 255 g/mol. The van der Waals surface area contributed by atoms with Crippen LogP contribution < -0.4 is 5.73 Å². The van der Waals surface area contributed by atoms with Gasteiger partial charge in [0.2, 0.25) is 0 Å². The third-order valence-corrected chi connectivity index (χ3v) is 4.08. The molecule has 0 aliphatic carbocycles. The largest absolute Gasteiger partial charge is 0.330 e. The minimum atomic E-state index is 0.540. The fourth-order valence-electron chi connectivity index (χ4n) is 2.97. The van der Waals surface area contributed by atoms with Crippen LogP contribution in [0.2, 0.25) is 0 Å². The van der Waals surface area contributed by atoms with Gasteiger partial charge >= 0.3 is 0 Å². The van der Waals surface area contributed by atoms with E-state index >= 15 is 0 Å². The van der Waals surface area contributed by atoms with Crippen molar-refractivity contribution in [2.24, 2.45) is 5.73 Å². The first-order valence-electron chi connectivity index (χ1n) is 7.07. The minimum Gasteiger partial charge on any atom is -0.330 e. The molecule has 0 radical (unpaired) electrons. The molecule has 1 unspecified atom stereocenters. The summed E-state index contributed by atoms with van der Waals surface area (Å²) in [5, 5.41) is 0. The van der Waals surface area contributed by atoms with Crippen molar-refractivity contribution in [1.82, 2.24) is 9.55 Å². The van der Waals surface area contributed by atoms with Crippen molar-refractivity contribution in [3.05, 3.63) is 41.3 Å². The highest BCUT2D eigenvalue weighted by atomic mass is 15.1. The number of rotatable bonds is 2. The Kier molecular flexibility index (Phi) is 3.15. The van der Waals surface area contributed by atoms with Gasteiger partial charge in [-0.05, 0) is 19.8 Å². The SMILES string of the molecule is Cc1ccc(-c2nc3n(c2CN)CCCC3C)cc1. The third kappa shape index (κ3) is 2.08. The summed E-state index contributed by atoms with van der Waals surface area (Å²) in [5.74, 6) is 1.75. The molecule has 100 valence electrons. The predicted molar refractivity (Wildman–Crippen MR) is 77.9 cm³/mol. The molecule has 1 aliphatic rings. The Balaban J connectivity index is 2.13. The molecule has 2 heterocycles. The Labute approximate surface area is 114 Å². The molecule has 0 spiro atoms. The van der Waals surface area contributed by atoms with Crippen molar-refractivity contribution in [3.8, 4) is 11.3 Å². The molecule has 0 saturated carbocycles. The number of aryl methyl sites for hydroxylation is 1. The molecule has 19 heavy (non-hydrogen) atoms. The number of nitrogens with zero attached hydrogens (tertiary/aromatic N) is 2. The number of benzene rings is 1. The van der Waals surface area contributed by atoms with Gasteiger partial charge in [0.25, 0.3) is 0 Å². The molecule has 1 aliphatic heterocycles. The van der Waals surface area contributed by atoms with Gasteiger partial charge in [0.15, 0.2) is 0 Å².